The molecule has 1 N–H and O–H groups in total. The van der Waals surface area contributed by atoms with Gasteiger partial charge in [-0.3, -0.25) is 14.9 Å². The normalized spacial score (nSPS) is 20.7. The van der Waals surface area contributed by atoms with Crippen molar-refractivity contribution >= 4 is 32.8 Å². The SMILES string of the molecule is CCOC(=O)C[C@@H]1Oc2ccc(Br)cc2[C@H](c2c[nH]c3ccccc23)[C@H]1[N+](=O)[O-]. The van der Waals surface area contributed by atoms with Gasteiger partial charge in [0.25, 0.3) is 6.04 Å². The Balaban J connectivity index is 1.88. The lowest BCUT2D eigenvalue weighted by Crippen LogP contribution is -2.47. The van der Waals surface area contributed by atoms with Gasteiger partial charge >= 0.3 is 5.97 Å². The number of nitrogens with zero attached hydrogens (tertiary/aromatic N) is 1. The molecule has 4 rings (SSSR count). The van der Waals surface area contributed by atoms with Crippen molar-refractivity contribution in [1.29, 1.82) is 0 Å². The van der Waals surface area contributed by atoms with Crippen molar-refractivity contribution in [2.75, 3.05) is 6.61 Å². The number of hydrogen-bond donors (Lipinski definition) is 1. The molecule has 0 aliphatic carbocycles. The van der Waals surface area contributed by atoms with Crippen LogP contribution in [0.25, 0.3) is 10.9 Å². The number of nitrogens with one attached hydrogen (secondary N) is 1. The van der Waals surface area contributed by atoms with Crippen LogP contribution in [0, 0.1) is 10.1 Å². The van der Waals surface area contributed by atoms with Crippen LogP contribution in [0.2, 0.25) is 0 Å². The van der Waals surface area contributed by atoms with Crippen molar-refractivity contribution in [3.05, 3.63) is 74.4 Å². The lowest BCUT2D eigenvalue weighted by molar-refractivity contribution is -0.537. The number of benzene rings is 2. The second-order valence-corrected chi connectivity index (χ2v) is 7.81. The molecule has 1 aromatic heterocycles. The zero-order chi connectivity index (χ0) is 20.5. The molecule has 2 heterocycles. The van der Waals surface area contributed by atoms with Crippen molar-refractivity contribution in [1.82, 2.24) is 4.98 Å². The molecule has 0 saturated carbocycles. The first kappa shape index (κ1) is 19.4. The fourth-order valence-corrected chi connectivity index (χ4v) is 4.39. The van der Waals surface area contributed by atoms with Crippen LogP contribution in [-0.2, 0) is 9.53 Å². The summed E-state index contributed by atoms with van der Waals surface area (Å²) in [6.45, 7) is 1.91. The maximum Gasteiger partial charge on any atom is 0.309 e. The average Bonchev–Trinajstić information content (AvgIpc) is 3.11. The molecule has 2 aromatic carbocycles. The average molecular weight is 459 g/mol. The number of carbonyl (C=O) groups is 1. The summed E-state index contributed by atoms with van der Waals surface area (Å²) in [5.41, 5.74) is 2.42. The maximum absolute atomic E-state index is 12.2. The Bertz CT molecular complexity index is 1080. The smallest absolute Gasteiger partial charge is 0.309 e. The van der Waals surface area contributed by atoms with Crippen LogP contribution < -0.4 is 4.74 Å². The second kappa shape index (κ2) is 7.87. The summed E-state index contributed by atoms with van der Waals surface area (Å²) in [7, 11) is 0. The van der Waals surface area contributed by atoms with Crippen LogP contribution in [0.3, 0.4) is 0 Å². The van der Waals surface area contributed by atoms with Gasteiger partial charge in [0, 0.05) is 32.1 Å². The summed E-state index contributed by atoms with van der Waals surface area (Å²) in [4.78, 5) is 27.2. The number of esters is 1. The van der Waals surface area contributed by atoms with Gasteiger partial charge in [-0.2, -0.15) is 0 Å². The molecule has 8 heteroatoms. The lowest BCUT2D eigenvalue weighted by Gasteiger charge is -2.34. The van der Waals surface area contributed by atoms with Gasteiger partial charge in [-0.15, -0.1) is 0 Å². The van der Waals surface area contributed by atoms with Gasteiger partial charge in [-0.25, -0.2) is 0 Å². The standard InChI is InChI=1S/C21H19BrN2O5/c1-2-28-19(25)10-18-21(24(26)27)20(14-9-12(22)7-8-17(14)29-18)15-11-23-16-6-4-3-5-13(15)16/h3-9,11,18,20-21,23H,2,10H2,1H3/t18-,20+,21-/m0/s1. The predicted molar refractivity (Wildman–Crippen MR) is 111 cm³/mol. The number of hydrogen-bond acceptors (Lipinski definition) is 5. The number of nitro groups is 1. The van der Waals surface area contributed by atoms with Crippen molar-refractivity contribution in [2.45, 2.75) is 31.4 Å². The van der Waals surface area contributed by atoms with Crippen LogP contribution in [0.1, 0.15) is 30.4 Å². The number of halogens is 1. The zero-order valence-corrected chi connectivity index (χ0v) is 17.2. The molecule has 29 heavy (non-hydrogen) atoms. The highest BCUT2D eigenvalue weighted by Crippen LogP contribution is 2.45. The molecule has 7 nitrogen and oxygen atoms in total. The van der Waals surface area contributed by atoms with E-state index in [9.17, 15) is 14.9 Å². The molecule has 1 aliphatic rings. The first-order valence-electron chi connectivity index (χ1n) is 9.30. The van der Waals surface area contributed by atoms with E-state index in [0.29, 0.717) is 11.3 Å². The summed E-state index contributed by atoms with van der Waals surface area (Å²) in [6, 6.07) is 12.0. The first-order valence-corrected chi connectivity index (χ1v) is 10.1. The highest BCUT2D eigenvalue weighted by Gasteiger charge is 2.49. The zero-order valence-electron chi connectivity index (χ0n) is 15.6. The Morgan fingerprint density at radius 1 is 1.28 bits per heavy atom. The molecule has 3 aromatic rings. The first-order chi connectivity index (χ1) is 14.0. The fourth-order valence-electron chi connectivity index (χ4n) is 4.01. The van der Waals surface area contributed by atoms with E-state index in [1.807, 2.05) is 42.6 Å². The number of para-hydroxylation sites is 1. The van der Waals surface area contributed by atoms with E-state index in [2.05, 4.69) is 20.9 Å². The minimum Gasteiger partial charge on any atom is -0.482 e. The van der Waals surface area contributed by atoms with Crippen molar-refractivity contribution in [3.63, 3.8) is 0 Å². The second-order valence-electron chi connectivity index (χ2n) is 6.89. The molecule has 0 spiro atoms. The van der Waals surface area contributed by atoms with E-state index in [1.165, 1.54) is 0 Å². The van der Waals surface area contributed by atoms with Crippen LogP contribution in [0.4, 0.5) is 0 Å². The number of fused-ring (bicyclic) bond motifs is 2. The number of ether oxygens (including phenoxy) is 2. The topological polar surface area (TPSA) is 94.5 Å². The van der Waals surface area contributed by atoms with Gasteiger partial charge in [0.1, 0.15) is 5.75 Å². The number of aromatic nitrogens is 1. The lowest BCUT2D eigenvalue weighted by atomic mass is 9.79. The highest BCUT2D eigenvalue weighted by molar-refractivity contribution is 9.10. The molecular formula is C21H19BrN2O5. The Morgan fingerprint density at radius 3 is 2.83 bits per heavy atom. The monoisotopic (exact) mass is 458 g/mol. The Hall–Kier alpha value is -2.87. The summed E-state index contributed by atoms with van der Waals surface area (Å²) in [5, 5.41) is 13.1. The van der Waals surface area contributed by atoms with Crippen LogP contribution >= 0.6 is 15.9 Å². The Labute approximate surface area is 175 Å². The molecule has 0 amide bonds. The number of H-pyrrole nitrogens is 1. The third-order valence-corrected chi connectivity index (χ3v) is 5.67. The molecule has 3 atom stereocenters. The van der Waals surface area contributed by atoms with Crippen LogP contribution in [-0.4, -0.2) is 34.6 Å². The van der Waals surface area contributed by atoms with E-state index in [0.717, 1.165) is 20.9 Å². The van der Waals surface area contributed by atoms with Gasteiger partial charge < -0.3 is 14.5 Å². The molecule has 0 unspecified atom stereocenters. The Kier molecular flexibility index (Phi) is 5.27. The third kappa shape index (κ3) is 3.60. The quantitative estimate of drug-likeness (QED) is 0.346. The molecule has 0 saturated heterocycles. The van der Waals surface area contributed by atoms with E-state index < -0.39 is 24.0 Å². The largest absolute Gasteiger partial charge is 0.482 e. The van der Waals surface area contributed by atoms with Gasteiger partial charge in [0.05, 0.1) is 18.9 Å². The predicted octanol–water partition coefficient (Wildman–Crippen LogP) is 4.42. The molecule has 1 aliphatic heterocycles. The van der Waals surface area contributed by atoms with E-state index in [-0.39, 0.29) is 18.0 Å². The van der Waals surface area contributed by atoms with Gasteiger partial charge in [0.15, 0.2) is 6.10 Å². The summed E-state index contributed by atoms with van der Waals surface area (Å²) < 4.78 is 11.8. The molecule has 0 fully saturated rings. The van der Waals surface area contributed by atoms with Crippen molar-refractivity contribution in [3.8, 4) is 5.75 Å². The van der Waals surface area contributed by atoms with Crippen LogP contribution in [0.5, 0.6) is 5.75 Å². The molecular weight excluding hydrogens is 440 g/mol. The van der Waals surface area contributed by atoms with E-state index in [4.69, 9.17) is 9.47 Å². The van der Waals surface area contributed by atoms with Gasteiger partial charge in [-0.05, 0) is 36.8 Å². The number of carbonyl (C=O) groups excluding carboxylic acids is 1. The van der Waals surface area contributed by atoms with Crippen molar-refractivity contribution in [2.24, 2.45) is 0 Å². The van der Waals surface area contributed by atoms with E-state index in [1.54, 1.807) is 13.0 Å². The minimum absolute atomic E-state index is 0.187. The number of rotatable bonds is 5. The summed E-state index contributed by atoms with van der Waals surface area (Å²) in [6.07, 6.45) is 0.688. The fraction of sp³-hybridized carbons (Fsp3) is 0.286. The maximum atomic E-state index is 12.2. The molecule has 0 radical (unpaired) electrons. The molecule has 0 bridgehead atoms. The van der Waals surface area contributed by atoms with Gasteiger partial charge in [0.2, 0.25) is 0 Å². The minimum atomic E-state index is -1.14. The Morgan fingerprint density at radius 2 is 2.07 bits per heavy atom. The summed E-state index contributed by atoms with van der Waals surface area (Å²) in [5.74, 6) is -0.555. The number of aromatic amines is 1. The van der Waals surface area contributed by atoms with Gasteiger partial charge in [-0.1, -0.05) is 34.1 Å². The van der Waals surface area contributed by atoms with E-state index >= 15 is 0 Å². The highest BCUT2D eigenvalue weighted by atomic mass is 79.9. The van der Waals surface area contributed by atoms with Crippen LogP contribution in [0.15, 0.2) is 53.1 Å². The summed E-state index contributed by atoms with van der Waals surface area (Å²) >= 11 is 3.46. The molecule has 150 valence electrons. The third-order valence-electron chi connectivity index (χ3n) is 5.18. The van der Waals surface area contributed by atoms with Crippen molar-refractivity contribution < 1.29 is 19.2 Å².